The average Bonchev–Trinajstić information content (AvgIpc) is 2.41. The molecule has 1 aromatic heterocycles. The number of nitrogens with one attached hydrogen (secondary N) is 1. The van der Waals surface area contributed by atoms with Crippen LogP contribution in [0.3, 0.4) is 0 Å². The Bertz CT molecular complexity index is 788. The van der Waals surface area contributed by atoms with Crippen LogP contribution in [0.4, 0.5) is 5.69 Å². The minimum Gasteiger partial charge on any atom is -0.478 e. The summed E-state index contributed by atoms with van der Waals surface area (Å²) < 4.78 is 27.3. The van der Waals surface area contributed by atoms with Crippen LogP contribution < -0.4 is 4.72 Å². The van der Waals surface area contributed by atoms with E-state index in [9.17, 15) is 13.2 Å². The Morgan fingerprint density at radius 2 is 2.00 bits per heavy atom. The number of halogens is 1. The van der Waals surface area contributed by atoms with Crippen LogP contribution >= 0.6 is 15.9 Å². The maximum atomic E-state index is 12.3. The van der Waals surface area contributed by atoms with Crippen LogP contribution in [0.15, 0.2) is 45.9 Å². The second-order valence-corrected chi connectivity index (χ2v) is 6.75. The SMILES string of the molecule is Cc1ccc(NS(=O)(=O)c2cc(C(=O)O)ccc2Br)cn1. The minimum absolute atomic E-state index is 0.111. The lowest BCUT2D eigenvalue weighted by atomic mass is 10.2. The molecule has 0 unspecified atom stereocenters. The molecule has 110 valence electrons. The highest BCUT2D eigenvalue weighted by atomic mass is 79.9. The topological polar surface area (TPSA) is 96.4 Å². The third kappa shape index (κ3) is 3.59. The first-order chi connectivity index (χ1) is 9.79. The molecule has 0 aliphatic heterocycles. The average molecular weight is 371 g/mol. The van der Waals surface area contributed by atoms with Crippen LogP contribution in [-0.4, -0.2) is 24.5 Å². The lowest BCUT2D eigenvalue weighted by Crippen LogP contribution is -2.14. The van der Waals surface area contributed by atoms with Gasteiger partial charge in [0.15, 0.2) is 0 Å². The Labute approximate surface area is 130 Å². The van der Waals surface area contributed by atoms with Crippen LogP contribution in [0, 0.1) is 6.92 Å². The molecule has 8 heteroatoms. The number of aromatic carboxylic acids is 1. The number of carboxylic acid groups (broad SMARTS) is 1. The van der Waals surface area contributed by atoms with Crippen molar-refractivity contribution >= 4 is 37.6 Å². The van der Waals surface area contributed by atoms with E-state index in [0.29, 0.717) is 5.69 Å². The minimum atomic E-state index is -3.91. The molecule has 2 N–H and O–H groups in total. The summed E-state index contributed by atoms with van der Waals surface area (Å²) in [5.41, 5.74) is 0.945. The zero-order valence-electron chi connectivity index (χ0n) is 10.9. The fourth-order valence-electron chi connectivity index (χ4n) is 1.58. The van der Waals surface area contributed by atoms with Gasteiger partial charge in [-0.05, 0) is 53.2 Å². The Morgan fingerprint density at radius 3 is 2.57 bits per heavy atom. The van der Waals surface area contributed by atoms with Gasteiger partial charge in [-0.25, -0.2) is 13.2 Å². The van der Waals surface area contributed by atoms with Crippen molar-refractivity contribution in [2.75, 3.05) is 4.72 Å². The van der Waals surface area contributed by atoms with Gasteiger partial charge in [-0.1, -0.05) is 0 Å². The molecule has 0 aliphatic rings. The predicted molar refractivity (Wildman–Crippen MR) is 80.9 cm³/mol. The number of sulfonamides is 1. The number of carboxylic acids is 1. The molecule has 0 radical (unpaired) electrons. The van der Waals surface area contributed by atoms with Crippen LogP contribution in [0.2, 0.25) is 0 Å². The van der Waals surface area contributed by atoms with E-state index in [1.807, 2.05) is 0 Å². The number of benzene rings is 1. The maximum absolute atomic E-state index is 12.3. The van der Waals surface area contributed by atoms with Crippen LogP contribution in [0.1, 0.15) is 16.1 Å². The summed E-state index contributed by atoms with van der Waals surface area (Å²) in [6.45, 7) is 1.78. The van der Waals surface area contributed by atoms with Gasteiger partial charge in [0.2, 0.25) is 0 Å². The van der Waals surface area contributed by atoms with Crippen LogP contribution in [0.25, 0.3) is 0 Å². The second-order valence-electron chi connectivity index (χ2n) is 4.24. The van der Waals surface area contributed by atoms with E-state index in [4.69, 9.17) is 5.11 Å². The van der Waals surface area contributed by atoms with Gasteiger partial charge in [0.1, 0.15) is 4.90 Å². The quantitative estimate of drug-likeness (QED) is 0.862. The maximum Gasteiger partial charge on any atom is 0.335 e. The van der Waals surface area contributed by atoms with Crippen molar-refractivity contribution in [2.24, 2.45) is 0 Å². The molecule has 0 saturated heterocycles. The highest BCUT2D eigenvalue weighted by molar-refractivity contribution is 9.10. The molecular weight excluding hydrogens is 360 g/mol. The number of rotatable bonds is 4. The van der Waals surface area contributed by atoms with E-state index in [2.05, 4.69) is 25.6 Å². The molecule has 1 aromatic carbocycles. The van der Waals surface area contributed by atoms with E-state index in [-0.39, 0.29) is 14.9 Å². The Morgan fingerprint density at radius 1 is 1.29 bits per heavy atom. The van der Waals surface area contributed by atoms with E-state index >= 15 is 0 Å². The Kier molecular flexibility index (Phi) is 4.29. The van der Waals surface area contributed by atoms with Gasteiger partial charge >= 0.3 is 5.97 Å². The number of hydrogen-bond donors (Lipinski definition) is 2. The molecular formula is C13H11BrN2O4S. The van der Waals surface area contributed by atoms with E-state index < -0.39 is 16.0 Å². The van der Waals surface area contributed by atoms with Gasteiger partial charge in [0.25, 0.3) is 10.0 Å². The third-order valence-corrected chi connectivity index (χ3v) is 5.01. The van der Waals surface area contributed by atoms with E-state index in [1.54, 1.807) is 19.1 Å². The molecule has 0 atom stereocenters. The van der Waals surface area contributed by atoms with Gasteiger partial charge in [-0.15, -0.1) is 0 Å². The molecule has 6 nitrogen and oxygen atoms in total. The zero-order chi connectivity index (χ0) is 15.6. The number of pyridine rings is 1. The van der Waals surface area contributed by atoms with Crippen molar-refractivity contribution in [3.8, 4) is 0 Å². The summed E-state index contributed by atoms with van der Waals surface area (Å²) in [5.74, 6) is -1.20. The van der Waals surface area contributed by atoms with Crippen molar-refractivity contribution in [1.82, 2.24) is 4.98 Å². The molecule has 1 heterocycles. The van der Waals surface area contributed by atoms with E-state index in [0.717, 1.165) is 11.8 Å². The van der Waals surface area contributed by atoms with Gasteiger partial charge in [0, 0.05) is 10.2 Å². The number of hydrogen-bond acceptors (Lipinski definition) is 4. The summed E-state index contributed by atoms with van der Waals surface area (Å²) in [6, 6.07) is 7.04. The molecule has 21 heavy (non-hydrogen) atoms. The summed E-state index contributed by atoms with van der Waals surface area (Å²) in [6.07, 6.45) is 1.39. The monoisotopic (exact) mass is 370 g/mol. The van der Waals surface area contributed by atoms with Crippen LogP contribution in [0.5, 0.6) is 0 Å². The third-order valence-electron chi connectivity index (χ3n) is 2.63. The van der Waals surface area contributed by atoms with Crippen molar-refractivity contribution in [3.05, 3.63) is 52.3 Å². The van der Waals surface area contributed by atoms with E-state index in [1.165, 1.54) is 18.3 Å². The smallest absolute Gasteiger partial charge is 0.335 e. The molecule has 2 aromatic rings. The molecule has 0 bridgehead atoms. The van der Waals surface area contributed by atoms with Crippen molar-refractivity contribution in [3.63, 3.8) is 0 Å². The first kappa shape index (κ1) is 15.5. The first-order valence-electron chi connectivity index (χ1n) is 5.78. The molecule has 0 spiro atoms. The van der Waals surface area contributed by atoms with Gasteiger partial charge in [-0.3, -0.25) is 9.71 Å². The fourth-order valence-corrected chi connectivity index (χ4v) is 3.61. The summed E-state index contributed by atoms with van der Waals surface area (Å²) in [7, 11) is -3.91. The van der Waals surface area contributed by atoms with Crippen molar-refractivity contribution in [2.45, 2.75) is 11.8 Å². The van der Waals surface area contributed by atoms with Gasteiger partial charge < -0.3 is 5.11 Å². The summed E-state index contributed by atoms with van der Waals surface area (Å²) >= 11 is 3.11. The molecule has 0 fully saturated rings. The van der Waals surface area contributed by atoms with Crippen LogP contribution in [-0.2, 0) is 10.0 Å². The second kappa shape index (κ2) is 5.82. The fraction of sp³-hybridized carbons (Fsp3) is 0.0769. The predicted octanol–water partition coefficient (Wildman–Crippen LogP) is 2.65. The number of nitrogens with zero attached hydrogens (tertiary/aromatic N) is 1. The lowest BCUT2D eigenvalue weighted by Gasteiger charge is -2.10. The Balaban J connectivity index is 2.41. The molecule has 0 aliphatic carbocycles. The first-order valence-corrected chi connectivity index (χ1v) is 8.05. The van der Waals surface area contributed by atoms with Crippen molar-refractivity contribution < 1.29 is 18.3 Å². The number of aromatic nitrogens is 1. The normalized spacial score (nSPS) is 11.1. The highest BCUT2D eigenvalue weighted by Gasteiger charge is 2.20. The molecule has 0 saturated carbocycles. The number of anilines is 1. The largest absolute Gasteiger partial charge is 0.478 e. The van der Waals surface area contributed by atoms with Crippen molar-refractivity contribution in [1.29, 1.82) is 0 Å². The number of aryl methyl sites for hydroxylation is 1. The standard InChI is InChI=1S/C13H11BrN2O4S/c1-8-2-4-10(7-15-8)16-21(19,20)12-6-9(13(17)18)3-5-11(12)14/h2-7,16H,1H3,(H,17,18). The summed E-state index contributed by atoms with van der Waals surface area (Å²) in [5, 5.41) is 8.95. The highest BCUT2D eigenvalue weighted by Crippen LogP contribution is 2.25. The van der Waals surface area contributed by atoms with Gasteiger partial charge in [0.05, 0.1) is 17.4 Å². The molecule has 0 amide bonds. The lowest BCUT2D eigenvalue weighted by molar-refractivity contribution is 0.0696. The zero-order valence-corrected chi connectivity index (χ0v) is 13.3. The Hall–Kier alpha value is -1.93. The summed E-state index contributed by atoms with van der Waals surface area (Å²) in [4.78, 5) is 14.8. The molecule has 2 rings (SSSR count). The van der Waals surface area contributed by atoms with Gasteiger partial charge in [-0.2, -0.15) is 0 Å². The number of carbonyl (C=O) groups is 1.